The Hall–Kier alpha value is -1.41. The number of ketones is 1. The molecule has 2 heteroatoms. The Morgan fingerprint density at radius 1 is 1.05 bits per heavy atom. The molecule has 2 aromatic carbocycles. The van der Waals surface area contributed by atoms with Crippen molar-refractivity contribution in [3.63, 3.8) is 0 Å². The lowest BCUT2D eigenvalue weighted by Crippen LogP contribution is -2.04. The molecule has 0 atom stereocenters. The highest BCUT2D eigenvalue weighted by molar-refractivity contribution is 9.10. The van der Waals surface area contributed by atoms with Gasteiger partial charge in [0.25, 0.3) is 0 Å². The van der Waals surface area contributed by atoms with E-state index in [-0.39, 0.29) is 5.78 Å². The summed E-state index contributed by atoms with van der Waals surface area (Å²) in [5, 5.41) is 0. The molecule has 0 saturated heterocycles. The van der Waals surface area contributed by atoms with Gasteiger partial charge in [0.1, 0.15) is 0 Å². The average Bonchev–Trinajstić information content (AvgIpc) is 2.86. The van der Waals surface area contributed by atoms with Gasteiger partial charge in [0.15, 0.2) is 5.78 Å². The lowest BCUT2D eigenvalue weighted by Gasteiger charge is -2.06. The Kier molecular flexibility index (Phi) is 3.52. The van der Waals surface area contributed by atoms with Crippen molar-refractivity contribution in [3.8, 4) is 0 Å². The number of carbonyl (C=O) groups excluding carboxylic acids is 1. The van der Waals surface area contributed by atoms with E-state index in [4.69, 9.17) is 0 Å². The smallest absolute Gasteiger partial charge is 0.168 e. The van der Waals surface area contributed by atoms with E-state index in [0.717, 1.165) is 22.0 Å². The molecule has 96 valence electrons. The number of hydrogen-bond donors (Lipinski definition) is 0. The van der Waals surface area contributed by atoms with Crippen molar-refractivity contribution in [2.45, 2.75) is 25.7 Å². The molecule has 0 N–H and O–H groups in total. The number of fused-ring (bicyclic) bond motifs is 1. The summed E-state index contributed by atoms with van der Waals surface area (Å²) in [6, 6.07) is 14.1. The second-order valence-corrected chi connectivity index (χ2v) is 5.89. The van der Waals surface area contributed by atoms with E-state index in [1.165, 1.54) is 24.0 Å². The molecule has 0 saturated carbocycles. The maximum absolute atomic E-state index is 12.3. The topological polar surface area (TPSA) is 17.1 Å². The summed E-state index contributed by atoms with van der Waals surface area (Å²) < 4.78 is 0.876. The van der Waals surface area contributed by atoms with Gasteiger partial charge in [-0.1, -0.05) is 52.3 Å². The van der Waals surface area contributed by atoms with Crippen LogP contribution in [0, 0.1) is 0 Å². The number of rotatable bonds is 3. The van der Waals surface area contributed by atoms with Gasteiger partial charge in [-0.25, -0.2) is 0 Å². The average molecular weight is 315 g/mol. The molecular formula is C17H15BrO. The molecule has 0 heterocycles. The largest absolute Gasteiger partial charge is 0.294 e. The molecule has 1 aliphatic carbocycles. The molecule has 19 heavy (non-hydrogen) atoms. The van der Waals surface area contributed by atoms with Gasteiger partial charge >= 0.3 is 0 Å². The molecule has 2 aromatic rings. The Bertz CT molecular complexity index is 631. The first-order valence-corrected chi connectivity index (χ1v) is 7.42. The number of Topliss-reactive ketones (excluding diaryl/α,β-unsaturated/α-hetero) is 1. The fourth-order valence-corrected chi connectivity index (χ4v) is 3.21. The van der Waals surface area contributed by atoms with Crippen LogP contribution >= 0.6 is 15.9 Å². The Balaban J connectivity index is 1.82. The minimum atomic E-state index is 0.172. The van der Waals surface area contributed by atoms with Crippen LogP contribution in [0.15, 0.2) is 46.9 Å². The predicted molar refractivity (Wildman–Crippen MR) is 80.6 cm³/mol. The van der Waals surface area contributed by atoms with E-state index in [1.54, 1.807) is 0 Å². The molecule has 0 aromatic heterocycles. The highest BCUT2D eigenvalue weighted by atomic mass is 79.9. The van der Waals surface area contributed by atoms with Crippen molar-refractivity contribution in [2.24, 2.45) is 0 Å². The summed E-state index contributed by atoms with van der Waals surface area (Å²) in [5.74, 6) is 0.172. The molecule has 0 bridgehead atoms. The van der Waals surface area contributed by atoms with Crippen LogP contribution in [0.2, 0.25) is 0 Å². The van der Waals surface area contributed by atoms with Gasteiger partial charge in [-0.3, -0.25) is 4.79 Å². The first kappa shape index (κ1) is 12.6. The number of aryl methyl sites for hydroxylation is 2. The maximum Gasteiger partial charge on any atom is 0.168 e. The van der Waals surface area contributed by atoms with E-state index in [0.29, 0.717) is 6.42 Å². The first-order chi connectivity index (χ1) is 9.24. The third-order valence-corrected chi connectivity index (χ3v) is 4.39. The Morgan fingerprint density at radius 3 is 2.68 bits per heavy atom. The molecule has 0 unspecified atom stereocenters. The summed E-state index contributed by atoms with van der Waals surface area (Å²) in [6.45, 7) is 0. The summed E-state index contributed by atoms with van der Waals surface area (Å²) in [5.41, 5.74) is 4.78. The van der Waals surface area contributed by atoms with Gasteiger partial charge in [0.2, 0.25) is 0 Å². The van der Waals surface area contributed by atoms with Crippen LogP contribution in [0.5, 0.6) is 0 Å². The lowest BCUT2D eigenvalue weighted by molar-refractivity contribution is 0.0992. The third kappa shape index (κ3) is 2.64. The van der Waals surface area contributed by atoms with Crippen LogP contribution in [0.25, 0.3) is 0 Å². The van der Waals surface area contributed by atoms with Crippen LogP contribution in [-0.4, -0.2) is 5.78 Å². The number of carbonyl (C=O) groups is 1. The fraction of sp³-hybridized carbons (Fsp3) is 0.235. The zero-order valence-electron chi connectivity index (χ0n) is 10.7. The predicted octanol–water partition coefficient (Wildman–Crippen LogP) is 4.36. The van der Waals surface area contributed by atoms with Crippen LogP contribution in [0.1, 0.15) is 33.5 Å². The van der Waals surface area contributed by atoms with Gasteiger partial charge in [-0.05, 0) is 42.0 Å². The fourth-order valence-electron chi connectivity index (χ4n) is 2.70. The van der Waals surface area contributed by atoms with E-state index in [2.05, 4.69) is 34.1 Å². The quantitative estimate of drug-likeness (QED) is 0.769. The maximum atomic E-state index is 12.3. The van der Waals surface area contributed by atoms with E-state index in [1.807, 2.05) is 24.3 Å². The molecule has 0 radical (unpaired) electrons. The minimum absolute atomic E-state index is 0.172. The van der Waals surface area contributed by atoms with Gasteiger partial charge in [0.05, 0.1) is 0 Å². The summed E-state index contributed by atoms with van der Waals surface area (Å²) >= 11 is 3.44. The van der Waals surface area contributed by atoms with Crippen LogP contribution in [0.3, 0.4) is 0 Å². The minimum Gasteiger partial charge on any atom is -0.294 e. The van der Waals surface area contributed by atoms with Gasteiger partial charge in [-0.2, -0.15) is 0 Å². The number of halogens is 1. The van der Waals surface area contributed by atoms with Crippen molar-refractivity contribution < 1.29 is 4.79 Å². The van der Waals surface area contributed by atoms with Crippen molar-refractivity contribution in [3.05, 3.63) is 69.2 Å². The zero-order chi connectivity index (χ0) is 13.2. The van der Waals surface area contributed by atoms with Crippen molar-refractivity contribution >= 4 is 21.7 Å². The Morgan fingerprint density at radius 2 is 1.84 bits per heavy atom. The molecule has 1 nitrogen and oxygen atoms in total. The summed E-state index contributed by atoms with van der Waals surface area (Å²) in [4.78, 5) is 12.3. The number of benzene rings is 2. The van der Waals surface area contributed by atoms with Crippen LogP contribution in [0.4, 0.5) is 0 Å². The van der Waals surface area contributed by atoms with Gasteiger partial charge in [0, 0.05) is 16.5 Å². The van der Waals surface area contributed by atoms with E-state index < -0.39 is 0 Å². The molecular weight excluding hydrogens is 300 g/mol. The zero-order valence-corrected chi connectivity index (χ0v) is 12.2. The molecule has 0 amide bonds. The van der Waals surface area contributed by atoms with Crippen molar-refractivity contribution in [1.29, 1.82) is 0 Å². The second-order valence-electron chi connectivity index (χ2n) is 5.04. The van der Waals surface area contributed by atoms with Gasteiger partial charge in [-0.15, -0.1) is 0 Å². The highest BCUT2D eigenvalue weighted by Crippen LogP contribution is 2.24. The van der Waals surface area contributed by atoms with E-state index >= 15 is 0 Å². The van der Waals surface area contributed by atoms with Crippen molar-refractivity contribution in [1.82, 2.24) is 0 Å². The van der Waals surface area contributed by atoms with Gasteiger partial charge < -0.3 is 0 Å². The summed E-state index contributed by atoms with van der Waals surface area (Å²) in [7, 11) is 0. The second kappa shape index (κ2) is 5.30. The molecule has 0 spiro atoms. The SMILES string of the molecule is O=C(Cc1ccc2c(c1)CCC2)c1ccccc1Br. The third-order valence-electron chi connectivity index (χ3n) is 3.70. The molecule has 3 rings (SSSR count). The van der Waals surface area contributed by atoms with Crippen LogP contribution < -0.4 is 0 Å². The van der Waals surface area contributed by atoms with Crippen LogP contribution in [-0.2, 0) is 19.3 Å². The molecule has 0 fully saturated rings. The lowest BCUT2D eigenvalue weighted by atomic mass is 10.00. The van der Waals surface area contributed by atoms with E-state index in [9.17, 15) is 4.79 Å². The Labute approximate surface area is 121 Å². The monoisotopic (exact) mass is 314 g/mol. The standard InChI is InChI=1S/C17H15BrO/c18-16-7-2-1-6-15(16)17(19)11-12-8-9-13-4-3-5-14(13)10-12/h1-2,6-10H,3-5,11H2. The summed E-state index contributed by atoms with van der Waals surface area (Å²) in [6.07, 6.45) is 4.08. The molecule has 0 aliphatic heterocycles. The normalized spacial score (nSPS) is 13.3. The highest BCUT2D eigenvalue weighted by Gasteiger charge is 2.14. The first-order valence-electron chi connectivity index (χ1n) is 6.62. The number of hydrogen-bond acceptors (Lipinski definition) is 1. The molecule has 1 aliphatic rings. The van der Waals surface area contributed by atoms with Crippen molar-refractivity contribution in [2.75, 3.05) is 0 Å².